The number of carbonyl (C=O) groups excluding carboxylic acids is 1. The summed E-state index contributed by atoms with van der Waals surface area (Å²) in [5.41, 5.74) is 0.583. The summed E-state index contributed by atoms with van der Waals surface area (Å²) in [5.74, 6) is 0. The average Bonchev–Trinajstić information content (AvgIpc) is 2.14. The number of furan rings is 1. The molecule has 0 saturated heterocycles. The van der Waals surface area contributed by atoms with Crippen molar-refractivity contribution < 1.29 is 9.21 Å². The molecule has 0 spiro atoms. The smallest absolute Gasteiger partial charge is 0.153 e. The Morgan fingerprint density at radius 3 is 2.62 bits per heavy atom. The fourth-order valence-electron chi connectivity index (χ4n) is 0.342. The average molecular weight is 133 g/mol. The summed E-state index contributed by atoms with van der Waals surface area (Å²) in [5, 5.41) is 0. The molecule has 0 radical (unpaired) electrons. The molecule has 0 amide bonds. The molecule has 1 aromatic heterocycles. The zero-order chi connectivity index (χ0) is 5.11. The van der Waals surface area contributed by atoms with Gasteiger partial charge in [0.15, 0.2) is 6.29 Å². The maximum atomic E-state index is 9.81. The molecule has 0 aliphatic heterocycles. The van der Waals surface area contributed by atoms with Crippen molar-refractivity contribution in [2.75, 3.05) is 0 Å². The van der Waals surface area contributed by atoms with Crippen LogP contribution < -0.4 is 0 Å². The Hall–Kier alpha value is -0.760. The molecule has 1 rings (SSSR count). The van der Waals surface area contributed by atoms with Crippen LogP contribution in [0, 0.1) is 0 Å². The van der Waals surface area contributed by atoms with E-state index in [0.717, 1.165) is 6.29 Å². The molecule has 0 aliphatic rings. The molecule has 1 heterocycles. The molecule has 0 bridgehead atoms. The van der Waals surface area contributed by atoms with E-state index in [1.54, 1.807) is 6.07 Å². The van der Waals surface area contributed by atoms with Gasteiger partial charge in [-0.25, -0.2) is 0 Å². The van der Waals surface area contributed by atoms with Gasteiger partial charge < -0.3 is 4.42 Å². The Bertz CT molecular complexity index is 145. The van der Waals surface area contributed by atoms with E-state index in [-0.39, 0.29) is 12.4 Å². The molecule has 0 aromatic carbocycles. The number of halogens is 1. The largest absolute Gasteiger partial charge is 0.472 e. The van der Waals surface area contributed by atoms with Gasteiger partial charge in [-0.2, -0.15) is 0 Å². The lowest BCUT2D eigenvalue weighted by molar-refractivity contribution is 0.112. The van der Waals surface area contributed by atoms with Crippen molar-refractivity contribution in [1.29, 1.82) is 0 Å². The van der Waals surface area contributed by atoms with Gasteiger partial charge >= 0.3 is 0 Å². The van der Waals surface area contributed by atoms with Gasteiger partial charge in [0.1, 0.15) is 6.26 Å². The second kappa shape index (κ2) is 3.27. The predicted molar refractivity (Wildman–Crippen MR) is 31.3 cm³/mol. The van der Waals surface area contributed by atoms with Crippen LogP contribution in [-0.4, -0.2) is 6.29 Å². The predicted octanol–water partition coefficient (Wildman–Crippen LogP) is 1.51. The van der Waals surface area contributed by atoms with Crippen LogP contribution in [0.1, 0.15) is 10.4 Å². The minimum absolute atomic E-state index is 0. The first-order valence-corrected chi connectivity index (χ1v) is 1.91. The fourth-order valence-corrected chi connectivity index (χ4v) is 0.342. The number of hydrogen-bond donors (Lipinski definition) is 0. The molecule has 8 heavy (non-hydrogen) atoms. The van der Waals surface area contributed by atoms with Gasteiger partial charge in [-0.15, -0.1) is 12.4 Å². The molecular formula is C5H5ClO2. The van der Waals surface area contributed by atoms with Crippen molar-refractivity contribution in [3.8, 4) is 0 Å². The summed E-state index contributed by atoms with van der Waals surface area (Å²) in [7, 11) is 0. The zero-order valence-corrected chi connectivity index (χ0v) is 4.85. The van der Waals surface area contributed by atoms with Gasteiger partial charge in [0.2, 0.25) is 0 Å². The SMILES string of the molecule is Cl.O=Cc1ccoc1. The van der Waals surface area contributed by atoms with E-state index in [1.165, 1.54) is 12.5 Å². The number of hydrogen-bond acceptors (Lipinski definition) is 2. The maximum Gasteiger partial charge on any atom is 0.153 e. The fraction of sp³-hybridized carbons (Fsp3) is 0. The minimum atomic E-state index is 0. The molecular weight excluding hydrogens is 128 g/mol. The lowest BCUT2D eigenvalue weighted by Gasteiger charge is -1.64. The van der Waals surface area contributed by atoms with Crippen LogP contribution >= 0.6 is 12.4 Å². The van der Waals surface area contributed by atoms with Gasteiger partial charge in [-0.3, -0.25) is 4.79 Å². The van der Waals surface area contributed by atoms with E-state index >= 15 is 0 Å². The molecule has 0 atom stereocenters. The van der Waals surface area contributed by atoms with Crippen LogP contribution in [0.2, 0.25) is 0 Å². The second-order valence-electron chi connectivity index (χ2n) is 1.17. The number of aldehydes is 1. The molecule has 44 valence electrons. The third-order valence-corrected chi connectivity index (χ3v) is 0.679. The van der Waals surface area contributed by atoms with Crippen molar-refractivity contribution in [3.63, 3.8) is 0 Å². The highest BCUT2D eigenvalue weighted by atomic mass is 35.5. The highest BCUT2D eigenvalue weighted by molar-refractivity contribution is 5.85. The lowest BCUT2D eigenvalue weighted by atomic mass is 10.4. The first-order chi connectivity index (χ1) is 3.43. The van der Waals surface area contributed by atoms with Crippen molar-refractivity contribution >= 4 is 18.7 Å². The summed E-state index contributed by atoms with van der Waals surface area (Å²) in [6, 6.07) is 1.60. The third-order valence-electron chi connectivity index (χ3n) is 0.679. The minimum Gasteiger partial charge on any atom is -0.472 e. The molecule has 0 saturated carbocycles. The zero-order valence-electron chi connectivity index (χ0n) is 4.03. The molecule has 0 fully saturated rings. The highest BCUT2D eigenvalue weighted by Crippen LogP contribution is 1.92. The molecule has 0 unspecified atom stereocenters. The lowest BCUT2D eigenvalue weighted by Crippen LogP contribution is -1.65. The van der Waals surface area contributed by atoms with Crippen molar-refractivity contribution in [1.82, 2.24) is 0 Å². The van der Waals surface area contributed by atoms with Gasteiger partial charge in [0.05, 0.1) is 11.8 Å². The third kappa shape index (κ3) is 1.39. The summed E-state index contributed by atoms with van der Waals surface area (Å²) in [6.45, 7) is 0. The Balaban J connectivity index is 0.000000490. The Morgan fingerprint density at radius 2 is 2.38 bits per heavy atom. The summed E-state index contributed by atoms with van der Waals surface area (Å²) >= 11 is 0. The van der Waals surface area contributed by atoms with Crippen LogP contribution in [0.4, 0.5) is 0 Å². The van der Waals surface area contributed by atoms with E-state index in [1.807, 2.05) is 0 Å². The molecule has 0 aliphatic carbocycles. The monoisotopic (exact) mass is 132 g/mol. The first kappa shape index (κ1) is 7.24. The molecule has 0 N–H and O–H groups in total. The summed E-state index contributed by atoms with van der Waals surface area (Å²) in [4.78, 5) is 9.81. The highest BCUT2D eigenvalue weighted by Gasteiger charge is 1.84. The Labute approximate surface area is 52.9 Å². The number of rotatable bonds is 1. The van der Waals surface area contributed by atoms with Crippen molar-refractivity contribution in [2.24, 2.45) is 0 Å². The summed E-state index contributed by atoms with van der Waals surface area (Å²) < 4.78 is 4.57. The van der Waals surface area contributed by atoms with E-state index in [4.69, 9.17) is 0 Å². The van der Waals surface area contributed by atoms with Crippen LogP contribution in [-0.2, 0) is 0 Å². The molecule has 1 aromatic rings. The van der Waals surface area contributed by atoms with Gasteiger partial charge in [-0.05, 0) is 6.07 Å². The van der Waals surface area contributed by atoms with Crippen molar-refractivity contribution in [3.05, 3.63) is 24.2 Å². The van der Waals surface area contributed by atoms with Crippen LogP contribution in [0.5, 0.6) is 0 Å². The Kier molecular flexibility index (Phi) is 2.96. The van der Waals surface area contributed by atoms with Crippen LogP contribution in [0.3, 0.4) is 0 Å². The number of carbonyl (C=O) groups is 1. The van der Waals surface area contributed by atoms with E-state index in [0.29, 0.717) is 5.56 Å². The molecule has 3 heteroatoms. The van der Waals surface area contributed by atoms with Gasteiger partial charge in [0, 0.05) is 0 Å². The quantitative estimate of drug-likeness (QED) is 0.543. The van der Waals surface area contributed by atoms with E-state index in [9.17, 15) is 4.79 Å². The van der Waals surface area contributed by atoms with E-state index < -0.39 is 0 Å². The topological polar surface area (TPSA) is 30.2 Å². The maximum absolute atomic E-state index is 9.81. The van der Waals surface area contributed by atoms with Crippen LogP contribution in [0.25, 0.3) is 0 Å². The first-order valence-electron chi connectivity index (χ1n) is 1.91. The van der Waals surface area contributed by atoms with Crippen molar-refractivity contribution in [2.45, 2.75) is 0 Å². The van der Waals surface area contributed by atoms with Crippen LogP contribution in [0.15, 0.2) is 23.0 Å². The van der Waals surface area contributed by atoms with E-state index in [2.05, 4.69) is 4.42 Å². The van der Waals surface area contributed by atoms with Gasteiger partial charge in [-0.1, -0.05) is 0 Å². The second-order valence-corrected chi connectivity index (χ2v) is 1.17. The molecule has 2 nitrogen and oxygen atoms in total. The van der Waals surface area contributed by atoms with Gasteiger partial charge in [0.25, 0.3) is 0 Å². The standard InChI is InChI=1S/C5H4O2.ClH/c6-3-5-1-2-7-4-5;/h1-4H;1H. The normalized spacial score (nSPS) is 7.50. The summed E-state index contributed by atoms with van der Waals surface area (Å²) in [6.07, 6.45) is 3.60. The Morgan fingerprint density at radius 1 is 1.62 bits per heavy atom.